The average molecular weight is 177 g/mol. The van der Waals surface area contributed by atoms with E-state index in [1.165, 1.54) is 0 Å². The van der Waals surface area contributed by atoms with Crippen LogP contribution in [-0.4, -0.2) is 63.7 Å². The van der Waals surface area contributed by atoms with E-state index in [9.17, 15) is 26.3 Å². The van der Waals surface area contributed by atoms with Crippen molar-refractivity contribution in [3.05, 3.63) is 0 Å². The Hall–Kier alpha value is 1.22. The third-order valence-electron chi connectivity index (χ3n) is 0.321. The van der Waals surface area contributed by atoms with E-state index in [1.54, 1.807) is 0 Å². The summed E-state index contributed by atoms with van der Waals surface area (Å²) in [5.74, 6) is 0. The van der Waals surface area contributed by atoms with Gasteiger partial charge in [-0.1, -0.05) is 0 Å². The summed E-state index contributed by atoms with van der Waals surface area (Å²) in [7, 11) is 0. The zero-order chi connectivity index (χ0) is 7.00. The van der Waals surface area contributed by atoms with Crippen LogP contribution in [-0.2, 0) is 0 Å². The molecule has 0 aliphatic heterocycles. The Labute approximate surface area is 89.0 Å². The van der Waals surface area contributed by atoms with Crippen LogP contribution in [0.1, 0.15) is 0 Å². The first-order chi connectivity index (χ1) is 3.25. The SMILES string of the molecule is FC(F)(F)C(F)(F)F.[K]. The Kier molecular flexibility index (Phi) is 5.09. The summed E-state index contributed by atoms with van der Waals surface area (Å²) < 4.78 is 62.6. The summed E-state index contributed by atoms with van der Waals surface area (Å²) in [6.07, 6.45) is -12.1. The summed E-state index contributed by atoms with van der Waals surface area (Å²) in [6.45, 7) is 0. The van der Waals surface area contributed by atoms with Gasteiger partial charge in [0.1, 0.15) is 0 Å². The Morgan fingerprint density at radius 1 is 0.556 bits per heavy atom. The van der Waals surface area contributed by atoms with Crippen molar-refractivity contribution in [2.45, 2.75) is 12.4 Å². The second kappa shape index (κ2) is 3.56. The van der Waals surface area contributed by atoms with Crippen LogP contribution in [0.25, 0.3) is 0 Å². The molecule has 51 valence electrons. The van der Waals surface area contributed by atoms with Gasteiger partial charge in [0.2, 0.25) is 0 Å². The fourth-order valence-corrected chi connectivity index (χ4v) is 0. The summed E-state index contributed by atoms with van der Waals surface area (Å²) in [5.41, 5.74) is 0. The van der Waals surface area contributed by atoms with E-state index in [-0.39, 0.29) is 51.4 Å². The molecule has 0 N–H and O–H groups in total. The molecule has 1 radical (unpaired) electrons. The molecule has 9 heavy (non-hydrogen) atoms. The molecule has 0 saturated carbocycles. The smallest absolute Gasteiger partial charge is 0.162 e. The summed E-state index contributed by atoms with van der Waals surface area (Å²) in [5, 5.41) is 0. The largest absolute Gasteiger partial charge is 0.487 e. The Bertz CT molecular complexity index is 66.0. The van der Waals surface area contributed by atoms with E-state index in [1.807, 2.05) is 0 Å². The van der Waals surface area contributed by atoms with Crippen LogP contribution in [0.2, 0.25) is 0 Å². The molecule has 0 aliphatic rings. The predicted molar refractivity (Wildman–Crippen MR) is 17.9 cm³/mol. The van der Waals surface area contributed by atoms with E-state index < -0.39 is 12.4 Å². The topological polar surface area (TPSA) is 0 Å². The summed E-state index contributed by atoms with van der Waals surface area (Å²) in [6, 6.07) is 0. The van der Waals surface area contributed by atoms with Crippen molar-refractivity contribution < 1.29 is 26.3 Å². The van der Waals surface area contributed by atoms with E-state index in [0.29, 0.717) is 0 Å². The maximum atomic E-state index is 10.4. The van der Waals surface area contributed by atoms with Crippen LogP contribution >= 0.6 is 0 Å². The molecule has 0 aliphatic carbocycles. The van der Waals surface area contributed by atoms with Crippen LogP contribution in [0.5, 0.6) is 0 Å². The summed E-state index contributed by atoms with van der Waals surface area (Å²) in [4.78, 5) is 0. The fraction of sp³-hybridized carbons (Fsp3) is 1.00. The van der Waals surface area contributed by atoms with Gasteiger partial charge in [0.25, 0.3) is 0 Å². The average Bonchev–Trinajstić information content (AvgIpc) is 1.25. The van der Waals surface area contributed by atoms with Crippen molar-refractivity contribution in [1.29, 1.82) is 0 Å². The molecule has 0 amide bonds. The number of alkyl halides is 6. The molecule has 0 aromatic rings. The number of hydrogen-bond donors (Lipinski definition) is 0. The molecule has 0 saturated heterocycles. The number of rotatable bonds is 0. The Morgan fingerprint density at radius 3 is 0.667 bits per heavy atom. The van der Waals surface area contributed by atoms with Gasteiger partial charge in [-0.2, -0.15) is 26.3 Å². The monoisotopic (exact) mass is 177 g/mol. The first-order valence-electron chi connectivity index (χ1n) is 1.38. The maximum Gasteiger partial charge on any atom is 0.487 e. The first kappa shape index (κ1) is 12.9. The van der Waals surface area contributed by atoms with Gasteiger partial charge >= 0.3 is 12.4 Å². The quantitative estimate of drug-likeness (QED) is 0.390. The molecule has 0 spiro atoms. The fourth-order valence-electron chi connectivity index (χ4n) is 0. The van der Waals surface area contributed by atoms with Crippen LogP contribution in [0, 0.1) is 0 Å². The van der Waals surface area contributed by atoms with Crippen molar-refractivity contribution in [3.63, 3.8) is 0 Å². The molecular formula is C2F6K. The normalized spacial score (nSPS) is 12.7. The minimum Gasteiger partial charge on any atom is -0.162 e. The van der Waals surface area contributed by atoms with Crippen LogP contribution in [0.3, 0.4) is 0 Å². The van der Waals surface area contributed by atoms with Crippen molar-refractivity contribution in [3.8, 4) is 0 Å². The Balaban J connectivity index is 0. The van der Waals surface area contributed by atoms with Gasteiger partial charge in [-0.15, -0.1) is 0 Å². The molecule has 7 heteroatoms. The van der Waals surface area contributed by atoms with Gasteiger partial charge in [-0.3, -0.25) is 0 Å². The minimum absolute atomic E-state index is 0. The van der Waals surface area contributed by atoms with E-state index in [4.69, 9.17) is 0 Å². The predicted octanol–water partition coefficient (Wildman–Crippen LogP) is 1.73. The summed E-state index contributed by atoms with van der Waals surface area (Å²) >= 11 is 0. The molecule has 0 unspecified atom stereocenters. The molecule has 0 bridgehead atoms. The van der Waals surface area contributed by atoms with Crippen LogP contribution < -0.4 is 0 Å². The molecule has 0 fully saturated rings. The van der Waals surface area contributed by atoms with Crippen molar-refractivity contribution in [2.24, 2.45) is 0 Å². The zero-order valence-electron chi connectivity index (χ0n) is 4.27. The molecule has 0 rings (SSSR count). The molecule has 0 nitrogen and oxygen atoms in total. The van der Waals surface area contributed by atoms with Gasteiger partial charge in [0.05, 0.1) is 0 Å². The van der Waals surface area contributed by atoms with E-state index in [0.717, 1.165) is 0 Å². The number of halogens is 6. The minimum atomic E-state index is -6.06. The van der Waals surface area contributed by atoms with Gasteiger partial charge in [0.15, 0.2) is 0 Å². The van der Waals surface area contributed by atoms with Gasteiger partial charge in [-0.05, 0) is 0 Å². The third-order valence-corrected chi connectivity index (χ3v) is 0.321. The second-order valence-corrected chi connectivity index (χ2v) is 0.996. The maximum absolute atomic E-state index is 10.4. The number of hydrogen-bond acceptors (Lipinski definition) is 0. The third kappa shape index (κ3) is 4.60. The molecule has 0 heterocycles. The molecule has 0 aromatic carbocycles. The van der Waals surface area contributed by atoms with Gasteiger partial charge in [0, 0.05) is 51.4 Å². The van der Waals surface area contributed by atoms with Crippen molar-refractivity contribution in [2.75, 3.05) is 0 Å². The first-order valence-corrected chi connectivity index (χ1v) is 1.38. The van der Waals surface area contributed by atoms with Gasteiger partial charge < -0.3 is 0 Å². The molecular weight excluding hydrogens is 177 g/mol. The van der Waals surface area contributed by atoms with E-state index >= 15 is 0 Å². The zero-order valence-corrected chi connectivity index (χ0v) is 7.39. The van der Waals surface area contributed by atoms with Gasteiger partial charge in [-0.25, -0.2) is 0 Å². The van der Waals surface area contributed by atoms with Crippen molar-refractivity contribution >= 4 is 51.4 Å². The van der Waals surface area contributed by atoms with Crippen molar-refractivity contribution in [1.82, 2.24) is 0 Å². The van der Waals surface area contributed by atoms with E-state index in [2.05, 4.69) is 0 Å². The molecule has 0 aromatic heterocycles. The second-order valence-electron chi connectivity index (χ2n) is 0.996. The standard InChI is InChI=1S/C2F6.K/c3-1(4,5)2(6,7)8;. The van der Waals surface area contributed by atoms with Crippen LogP contribution in [0.15, 0.2) is 0 Å². The van der Waals surface area contributed by atoms with Crippen LogP contribution in [0.4, 0.5) is 26.3 Å². The Morgan fingerprint density at radius 2 is 0.667 bits per heavy atom. The molecule has 0 atom stereocenters.